The van der Waals surface area contributed by atoms with Crippen molar-refractivity contribution in [2.24, 2.45) is 9.50 Å². The molecule has 0 heterocycles. The van der Waals surface area contributed by atoms with Gasteiger partial charge in [-0.3, -0.25) is 5.43 Å². The number of hydrogen-bond donors (Lipinski definition) is 3. The monoisotopic (exact) mass is 311 g/mol. The highest BCUT2D eigenvalue weighted by atomic mass is 32.2. The van der Waals surface area contributed by atoms with E-state index >= 15 is 0 Å². The van der Waals surface area contributed by atoms with Crippen LogP contribution in [0.3, 0.4) is 0 Å². The van der Waals surface area contributed by atoms with E-state index in [4.69, 9.17) is 0 Å². The first kappa shape index (κ1) is 17.1. The number of aryl methyl sites for hydroxylation is 1. The Hall–Kier alpha value is -1.93. The summed E-state index contributed by atoms with van der Waals surface area (Å²) in [6.07, 6.45) is 4.57. The number of sulfonamides is 1. The van der Waals surface area contributed by atoms with Crippen LogP contribution in [0.2, 0.25) is 0 Å². The normalized spacial score (nSPS) is 12.1. The number of hydrogen-bond acceptors (Lipinski definition) is 4. The van der Waals surface area contributed by atoms with Crippen LogP contribution < -0.4 is 16.3 Å². The quantitative estimate of drug-likeness (QED) is 0.275. The Labute approximate surface area is 125 Å². The van der Waals surface area contributed by atoms with Crippen LogP contribution in [0.15, 0.2) is 38.7 Å². The van der Waals surface area contributed by atoms with Gasteiger partial charge in [0, 0.05) is 6.54 Å². The van der Waals surface area contributed by atoms with Crippen molar-refractivity contribution in [3.63, 3.8) is 0 Å². The highest BCUT2D eigenvalue weighted by molar-refractivity contribution is 7.90. The molecule has 1 aromatic carbocycles. The van der Waals surface area contributed by atoms with Gasteiger partial charge in [0.1, 0.15) is 12.7 Å². The number of unbranched alkanes of at least 4 members (excludes halogenated alkanes) is 1. The largest absolute Gasteiger partial charge is 0.310 e. The lowest BCUT2D eigenvalue weighted by Gasteiger charge is -2.01. The van der Waals surface area contributed by atoms with E-state index in [-0.39, 0.29) is 4.90 Å². The summed E-state index contributed by atoms with van der Waals surface area (Å²) in [6.45, 7) is 4.82. The van der Waals surface area contributed by atoms with Gasteiger partial charge >= 0.3 is 0 Å². The summed E-state index contributed by atoms with van der Waals surface area (Å²) in [4.78, 5) is 0.148. The zero-order chi connectivity index (χ0) is 15.6. The second-order valence-corrected chi connectivity index (χ2v) is 5.97. The van der Waals surface area contributed by atoms with Crippen molar-refractivity contribution in [2.75, 3.05) is 6.54 Å². The predicted octanol–water partition coefficient (Wildman–Crippen LogP) is 1.14. The first-order valence-corrected chi connectivity index (χ1v) is 8.11. The van der Waals surface area contributed by atoms with Crippen molar-refractivity contribution in [2.45, 2.75) is 31.6 Å². The molecule has 0 aliphatic rings. The third kappa shape index (κ3) is 6.87. The summed E-state index contributed by atoms with van der Waals surface area (Å²) in [5.74, 6) is 0. The minimum absolute atomic E-state index is 0.148. The maximum absolute atomic E-state index is 11.8. The molecule has 0 aromatic heterocycles. The van der Waals surface area contributed by atoms with Crippen LogP contribution in [0.5, 0.6) is 0 Å². The molecule has 0 atom stereocenters. The Morgan fingerprint density at radius 1 is 1.19 bits per heavy atom. The maximum Gasteiger partial charge on any atom is 0.283 e. The van der Waals surface area contributed by atoms with Gasteiger partial charge in [-0.25, -0.2) is 5.43 Å². The standard InChI is InChI=1S/C13H21N5O2S/c1-3-4-9-14-15-10-16-17-11-18-21(19,20)13-7-5-12(2)6-8-13/h5-8,10-11,14H,3-4,9H2,1-2H3,(H,15,16)(H,17,18). The van der Waals surface area contributed by atoms with Crippen molar-refractivity contribution < 1.29 is 8.42 Å². The third-order valence-electron chi connectivity index (χ3n) is 2.53. The Morgan fingerprint density at radius 3 is 2.57 bits per heavy atom. The molecule has 8 heteroatoms. The molecule has 21 heavy (non-hydrogen) atoms. The summed E-state index contributed by atoms with van der Waals surface area (Å²) in [5.41, 5.74) is 9.06. The summed E-state index contributed by atoms with van der Waals surface area (Å²) in [7, 11) is -3.68. The zero-order valence-electron chi connectivity index (χ0n) is 12.2. The molecule has 0 unspecified atom stereocenters. The van der Waals surface area contributed by atoms with Gasteiger partial charge in [-0.2, -0.15) is 13.5 Å². The molecule has 0 aliphatic heterocycles. The second kappa shape index (κ2) is 9.09. The van der Waals surface area contributed by atoms with E-state index < -0.39 is 10.0 Å². The van der Waals surface area contributed by atoms with Crippen molar-refractivity contribution in [3.05, 3.63) is 29.8 Å². The van der Waals surface area contributed by atoms with E-state index in [2.05, 4.69) is 32.7 Å². The highest BCUT2D eigenvalue weighted by Crippen LogP contribution is 2.12. The van der Waals surface area contributed by atoms with E-state index in [9.17, 15) is 8.42 Å². The SMILES string of the molecule is CCCCNNC=NNC=NS(=O)(=O)c1ccc(C)cc1. The lowest BCUT2D eigenvalue weighted by molar-refractivity contribution is 0.598. The van der Waals surface area contributed by atoms with Gasteiger partial charge in [0.05, 0.1) is 4.90 Å². The first-order valence-electron chi connectivity index (χ1n) is 6.67. The summed E-state index contributed by atoms with van der Waals surface area (Å²) < 4.78 is 27.1. The lowest BCUT2D eigenvalue weighted by Crippen LogP contribution is -2.31. The Kier molecular flexibility index (Phi) is 7.41. The van der Waals surface area contributed by atoms with Gasteiger partial charge in [0.15, 0.2) is 0 Å². The van der Waals surface area contributed by atoms with Gasteiger partial charge < -0.3 is 5.43 Å². The summed E-state index contributed by atoms with van der Waals surface area (Å²) >= 11 is 0. The molecular formula is C13H21N5O2S. The van der Waals surface area contributed by atoms with Crippen LogP contribution in [-0.2, 0) is 10.0 Å². The van der Waals surface area contributed by atoms with Gasteiger partial charge in [-0.05, 0) is 25.5 Å². The van der Waals surface area contributed by atoms with Crippen molar-refractivity contribution in [3.8, 4) is 0 Å². The number of rotatable bonds is 9. The average molecular weight is 311 g/mol. The maximum atomic E-state index is 11.8. The van der Waals surface area contributed by atoms with Crippen LogP contribution in [-0.4, -0.2) is 27.6 Å². The number of nitrogens with zero attached hydrogens (tertiary/aromatic N) is 2. The fourth-order valence-electron chi connectivity index (χ4n) is 1.35. The molecule has 0 bridgehead atoms. The van der Waals surface area contributed by atoms with Crippen molar-refractivity contribution in [1.82, 2.24) is 16.3 Å². The smallest absolute Gasteiger partial charge is 0.283 e. The number of nitrogens with one attached hydrogen (secondary N) is 3. The summed E-state index contributed by atoms with van der Waals surface area (Å²) in [5, 5.41) is 3.72. The molecule has 0 amide bonds. The first-order chi connectivity index (χ1) is 10.1. The zero-order valence-corrected chi connectivity index (χ0v) is 13.0. The van der Waals surface area contributed by atoms with Crippen molar-refractivity contribution in [1.29, 1.82) is 0 Å². The van der Waals surface area contributed by atoms with Gasteiger partial charge in [-0.1, -0.05) is 31.0 Å². The number of hydrazone groups is 1. The highest BCUT2D eigenvalue weighted by Gasteiger charge is 2.10. The number of benzene rings is 1. The van der Waals surface area contributed by atoms with E-state index in [1.807, 2.05) is 6.92 Å². The molecule has 0 fully saturated rings. The lowest BCUT2D eigenvalue weighted by atomic mass is 10.2. The van der Waals surface area contributed by atoms with Gasteiger partial charge in [0.25, 0.3) is 10.0 Å². The second-order valence-electron chi connectivity index (χ2n) is 4.33. The minimum Gasteiger partial charge on any atom is -0.310 e. The average Bonchev–Trinajstić information content (AvgIpc) is 2.46. The molecule has 1 aromatic rings. The van der Waals surface area contributed by atoms with Crippen LogP contribution in [0.25, 0.3) is 0 Å². The van der Waals surface area contributed by atoms with Crippen LogP contribution >= 0.6 is 0 Å². The van der Waals surface area contributed by atoms with E-state index in [0.29, 0.717) is 0 Å². The minimum atomic E-state index is -3.68. The molecular weight excluding hydrogens is 290 g/mol. The predicted molar refractivity (Wildman–Crippen MR) is 84.5 cm³/mol. The van der Waals surface area contributed by atoms with Crippen LogP contribution in [0.1, 0.15) is 25.3 Å². The fraction of sp³-hybridized carbons (Fsp3) is 0.385. The molecule has 116 valence electrons. The van der Waals surface area contributed by atoms with Gasteiger partial charge in [-0.15, -0.1) is 4.40 Å². The van der Waals surface area contributed by atoms with E-state index in [1.165, 1.54) is 18.5 Å². The Morgan fingerprint density at radius 2 is 1.90 bits per heavy atom. The summed E-state index contributed by atoms with van der Waals surface area (Å²) in [6, 6.07) is 6.48. The van der Waals surface area contributed by atoms with E-state index in [0.717, 1.165) is 31.3 Å². The molecule has 0 spiro atoms. The van der Waals surface area contributed by atoms with Crippen LogP contribution in [0.4, 0.5) is 0 Å². The molecule has 0 saturated heterocycles. The molecule has 0 aliphatic carbocycles. The fourth-order valence-corrected chi connectivity index (χ4v) is 2.14. The van der Waals surface area contributed by atoms with E-state index in [1.54, 1.807) is 12.1 Å². The van der Waals surface area contributed by atoms with Gasteiger partial charge in [0.2, 0.25) is 0 Å². The Bertz CT molecular complexity index is 567. The van der Waals surface area contributed by atoms with Crippen LogP contribution in [0, 0.1) is 6.92 Å². The topological polar surface area (TPSA) is 94.9 Å². The number of hydrazine groups is 1. The molecule has 0 radical (unpaired) electrons. The molecule has 0 saturated carbocycles. The molecule has 7 nitrogen and oxygen atoms in total. The van der Waals surface area contributed by atoms with Crippen molar-refractivity contribution >= 4 is 22.7 Å². The third-order valence-corrected chi connectivity index (χ3v) is 3.78. The molecule has 1 rings (SSSR count). The Balaban J connectivity index is 2.38. The molecule has 3 N–H and O–H groups in total.